The molecule has 0 amide bonds. The minimum absolute atomic E-state index is 0.0969. The number of rotatable bonds is 9. The van der Waals surface area contributed by atoms with Gasteiger partial charge in [-0.05, 0) is 59.7 Å². The standard InChI is InChI=1S/C24H22F3N7O/c1-35-20-7-5-19(6-8-20)31-23-33-21(29-14-16-9-11-28-12-10-16)32-22(34-23)30-15-17-3-2-4-18(13-17)24(25,26)27/h2-13H,14-15H2,1H3,(H3,29,30,31,32,33,34). The molecule has 35 heavy (non-hydrogen) atoms. The maximum absolute atomic E-state index is 13.0. The average molecular weight is 481 g/mol. The molecule has 0 unspecified atom stereocenters. The van der Waals surface area contributed by atoms with E-state index >= 15 is 0 Å². The topological polar surface area (TPSA) is 96.9 Å². The van der Waals surface area contributed by atoms with Gasteiger partial charge in [0, 0.05) is 31.2 Å². The van der Waals surface area contributed by atoms with Gasteiger partial charge in [0.05, 0.1) is 12.7 Å². The van der Waals surface area contributed by atoms with Crippen LogP contribution in [-0.4, -0.2) is 27.0 Å². The summed E-state index contributed by atoms with van der Waals surface area (Å²) in [4.78, 5) is 17.1. The Labute approximate surface area is 199 Å². The molecule has 4 aromatic rings. The molecule has 0 aliphatic heterocycles. The minimum Gasteiger partial charge on any atom is -0.497 e. The third kappa shape index (κ3) is 6.79. The number of hydrogen-bond acceptors (Lipinski definition) is 8. The lowest BCUT2D eigenvalue weighted by atomic mass is 10.1. The van der Waals surface area contributed by atoms with Gasteiger partial charge in [-0.3, -0.25) is 4.98 Å². The number of nitrogens with one attached hydrogen (secondary N) is 3. The zero-order valence-corrected chi connectivity index (χ0v) is 18.7. The molecule has 0 saturated carbocycles. The van der Waals surface area contributed by atoms with Crippen LogP contribution in [0.5, 0.6) is 5.75 Å². The number of aromatic nitrogens is 4. The molecule has 0 atom stereocenters. The lowest BCUT2D eigenvalue weighted by Crippen LogP contribution is -2.12. The fourth-order valence-corrected chi connectivity index (χ4v) is 3.11. The van der Waals surface area contributed by atoms with Crippen molar-refractivity contribution in [3.63, 3.8) is 0 Å². The Morgan fingerprint density at radius 3 is 2.03 bits per heavy atom. The number of nitrogens with zero attached hydrogens (tertiary/aromatic N) is 4. The summed E-state index contributed by atoms with van der Waals surface area (Å²) in [6.07, 6.45) is -1.05. The number of anilines is 4. The van der Waals surface area contributed by atoms with Crippen molar-refractivity contribution in [2.24, 2.45) is 0 Å². The molecule has 0 aliphatic carbocycles. The van der Waals surface area contributed by atoms with Crippen LogP contribution in [0.15, 0.2) is 73.1 Å². The first-order valence-corrected chi connectivity index (χ1v) is 10.6. The lowest BCUT2D eigenvalue weighted by molar-refractivity contribution is -0.137. The van der Waals surface area contributed by atoms with Crippen LogP contribution in [0.3, 0.4) is 0 Å². The van der Waals surface area contributed by atoms with E-state index in [1.165, 1.54) is 6.07 Å². The molecule has 0 spiro atoms. The van der Waals surface area contributed by atoms with E-state index in [-0.39, 0.29) is 18.4 Å². The van der Waals surface area contributed by atoms with Gasteiger partial charge in [-0.15, -0.1) is 0 Å². The van der Waals surface area contributed by atoms with Crippen molar-refractivity contribution >= 4 is 23.5 Å². The molecule has 2 heterocycles. The molecule has 180 valence electrons. The molecule has 0 aliphatic rings. The predicted octanol–water partition coefficient (Wildman–Crippen LogP) is 5.26. The highest BCUT2D eigenvalue weighted by Gasteiger charge is 2.30. The average Bonchev–Trinajstić information content (AvgIpc) is 2.87. The molecule has 0 radical (unpaired) electrons. The van der Waals surface area contributed by atoms with Crippen molar-refractivity contribution in [3.05, 3.63) is 89.7 Å². The molecule has 2 aromatic heterocycles. The van der Waals surface area contributed by atoms with Gasteiger partial charge >= 0.3 is 6.18 Å². The van der Waals surface area contributed by atoms with Gasteiger partial charge in [0.15, 0.2) is 0 Å². The fourth-order valence-electron chi connectivity index (χ4n) is 3.11. The summed E-state index contributed by atoms with van der Waals surface area (Å²) in [6, 6.07) is 16.0. The van der Waals surface area contributed by atoms with Crippen LogP contribution in [0.1, 0.15) is 16.7 Å². The first-order chi connectivity index (χ1) is 16.9. The van der Waals surface area contributed by atoms with Crippen molar-refractivity contribution in [1.82, 2.24) is 19.9 Å². The first-order valence-electron chi connectivity index (χ1n) is 10.6. The molecule has 11 heteroatoms. The molecule has 3 N–H and O–H groups in total. The van der Waals surface area contributed by atoms with Crippen LogP contribution >= 0.6 is 0 Å². The maximum Gasteiger partial charge on any atom is 0.416 e. The predicted molar refractivity (Wildman–Crippen MR) is 126 cm³/mol. The van der Waals surface area contributed by atoms with Gasteiger partial charge in [-0.25, -0.2) is 0 Å². The van der Waals surface area contributed by atoms with Gasteiger partial charge in [0.2, 0.25) is 17.8 Å². The Morgan fingerprint density at radius 2 is 1.40 bits per heavy atom. The quantitative estimate of drug-likeness (QED) is 0.298. The largest absolute Gasteiger partial charge is 0.497 e. The van der Waals surface area contributed by atoms with Crippen LogP contribution in [0.25, 0.3) is 0 Å². The van der Waals surface area contributed by atoms with E-state index in [0.29, 0.717) is 23.8 Å². The number of methoxy groups -OCH3 is 1. The second kappa shape index (κ2) is 10.7. The van der Waals surface area contributed by atoms with Crippen LogP contribution in [0, 0.1) is 0 Å². The van der Waals surface area contributed by atoms with Crippen molar-refractivity contribution in [2.45, 2.75) is 19.3 Å². The fraction of sp³-hybridized carbons (Fsp3) is 0.167. The Hall–Kier alpha value is -4.41. The Bertz CT molecular complexity index is 1250. The smallest absolute Gasteiger partial charge is 0.416 e. The van der Waals surface area contributed by atoms with E-state index < -0.39 is 11.7 Å². The van der Waals surface area contributed by atoms with Crippen molar-refractivity contribution in [2.75, 3.05) is 23.1 Å². The van der Waals surface area contributed by atoms with E-state index in [4.69, 9.17) is 4.74 Å². The zero-order valence-electron chi connectivity index (χ0n) is 18.7. The van der Waals surface area contributed by atoms with Crippen molar-refractivity contribution < 1.29 is 17.9 Å². The summed E-state index contributed by atoms with van der Waals surface area (Å²) < 4.78 is 44.3. The van der Waals surface area contributed by atoms with Crippen molar-refractivity contribution in [3.8, 4) is 5.75 Å². The van der Waals surface area contributed by atoms with E-state index in [1.54, 1.807) is 37.7 Å². The van der Waals surface area contributed by atoms with Crippen molar-refractivity contribution in [1.29, 1.82) is 0 Å². The van der Waals surface area contributed by atoms with E-state index in [0.717, 1.165) is 23.4 Å². The molecular formula is C24H22F3N7O. The summed E-state index contributed by atoms with van der Waals surface area (Å²) >= 11 is 0. The highest BCUT2D eigenvalue weighted by Crippen LogP contribution is 2.29. The van der Waals surface area contributed by atoms with E-state index in [9.17, 15) is 13.2 Å². The van der Waals surface area contributed by atoms with Crippen LogP contribution in [0.4, 0.5) is 36.7 Å². The summed E-state index contributed by atoms with van der Waals surface area (Å²) in [5, 5.41) is 9.22. The van der Waals surface area contributed by atoms with E-state index in [2.05, 4.69) is 35.9 Å². The molecular weight excluding hydrogens is 459 g/mol. The Kier molecular flexibility index (Phi) is 7.24. The minimum atomic E-state index is -4.41. The van der Waals surface area contributed by atoms with Gasteiger partial charge in [0.25, 0.3) is 0 Å². The molecule has 8 nitrogen and oxygen atoms in total. The van der Waals surface area contributed by atoms with Gasteiger partial charge < -0.3 is 20.7 Å². The summed E-state index contributed by atoms with van der Waals surface area (Å²) in [5.41, 5.74) is 1.43. The monoisotopic (exact) mass is 481 g/mol. The summed E-state index contributed by atoms with van der Waals surface area (Å²) in [6.45, 7) is 0.543. The maximum atomic E-state index is 13.0. The van der Waals surface area contributed by atoms with Gasteiger partial charge in [0.1, 0.15) is 5.75 Å². The molecule has 0 saturated heterocycles. The lowest BCUT2D eigenvalue weighted by Gasteiger charge is -2.12. The number of halogens is 3. The molecule has 2 aromatic carbocycles. The SMILES string of the molecule is COc1ccc(Nc2nc(NCc3ccncc3)nc(NCc3cccc(C(F)(F)F)c3)n2)cc1. The van der Waals surface area contributed by atoms with Gasteiger partial charge in [-0.2, -0.15) is 28.1 Å². The van der Waals surface area contributed by atoms with Crippen LogP contribution in [-0.2, 0) is 19.3 Å². The van der Waals surface area contributed by atoms with Crippen LogP contribution < -0.4 is 20.7 Å². The number of hydrogen-bond donors (Lipinski definition) is 3. The third-order valence-corrected chi connectivity index (χ3v) is 4.89. The third-order valence-electron chi connectivity index (χ3n) is 4.89. The number of benzene rings is 2. The molecule has 0 fully saturated rings. The Balaban J connectivity index is 1.53. The highest BCUT2D eigenvalue weighted by atomic mass is 19.4. The normalized spacial score (nSPS) is 11.1. The van der Waals surface area contributed by atoms with Crippen LogP contribution in [0.2, 0.25) is 0 Å². The Morgan fingerprint density at radius 1 is 0.771 bits per heavy atom. The summed E-state index contributed by atoms with van der Waals surface area (Å²) in [5.74, 6) is 1.45. The highest BCUT2D eigenvalue weighted by molar-refractivity contribution is 5.56. The van der Waals surface area contributed by atoms with E-state index in [1.807, 2.05) is 24.3 Å². The second-order valence-corrected chi connectivity index (χ2v) is 7.42. The second-order valence-electron chi connectivity index (χ2n) is 7.42. The zero-order chi connectivity index (χ0) is 24.7. The molecule has 4 rings (SSSR count). The molecule has 0 bridgehead atoms. The number of alkyl halides is 3. The number of ether oxygens (including phenoxy) is 1. The van der Waals surface area contributed by atoms with Gasteiger partial charge in [-0.1, -0.05) is 12.1 Å². The summed E-state index contributed by atoms with van der Waals surface area (Å²) in [7, 11) is 1.58. The number of pyridine rings is 1. The first kappa shape index (κ1) is 23.7.